The summed E-state index contributed by atoms with van der Waals surface area (Å²) in [4.78, 5) is 2.35. The summed E-state index contributed by atoms with van der Waals surface area (Å²) in [6.45, 7) is 0. The van der Waals surface area contributed by atoms with E-state index in [0.29, 0.717) is 5.41 Å². The van der Waals surface area contributed by atoms with Crippen molar-refractivity contribution in [2.24, 2.45) is 17.8 Å². The molecule has 276 valence electrons. The van der Waals surface area contributed by atoms with Gasteiger partial charge in [-0.05, 0) is 171 Å². The van der Waals surface area contributed by atoms with Gasteiger partial charge >= 0.3 is 0 Å². The van der Waals surface area contributed by atoms with E-state index in [4.69, 9.17) is 0 Å². The fourth-order valence-corrected chi connectivity index (χ4v) is 11.2. The molecule has 0 heterocycles. The fraction of sp³-hybridized carbons (Fsp3) is 0.179. The van der Waals surface area contributed by atoms with Crippen molar-refractivity contribution < 1.29 is 0 Å². The maximum Gasteiger partial charge on any atom is 0.0462 e. The Hall–Kier alpha value is -6.18. The van der Waals surface area contributed by atoms with Crippen molar-refractivity contribution in [2.75, 3.05) is 4.90 Å². The largest absolute Gasteiger partial charge is 0.311 e. The molecule has 0 aromatic heterocycles. The molecule has 0 radical (unpaired) electrons. The molecule has 0 unspecified atom stereocenters. The van der Waals surface area contributed by atoms with Gasteiger partial charge in [-0.25, -0.2) is 0 Å². The minimum Gasteiger partial charge on any atom is -0.311 e. The second-order valence-electron chi connectivity index (χ2n) is 17.3. The second kappa shape index (κ2) is 14.1. The summed E-state index contributed by atoms with van der Waals surface area (Å²) in [6.07, 6.45) is 8.75. The third-order valence-electron chi connectivity index (χ3n) is 13.6. The van der Waals surface area contributed by atoms with Crippen LogP contribution in [0.4, 0.5) is 17.1 Å². The molecule has 4 saturated carbocycles. The summed E-state index contributed by atoms with van der Waals surface area (Å²) < 4.78 is 0. The summed E-state index contributed by atoms with van der Waals surface area (Å²) in [5.74, 6) is 2.92. The quantitative estimate of drug-likeness (QED) is 0.150. The van der Waals surface area contributed by atoms with Gasteiger partial charge in [0, 0.05) is 17.1 Å². The van der Waals surface area contributed by atoms with Crippen LogP contribution in [0.25, 0.3) is 55.3 Å². The molecule has 57 heavy (non-hydrogen) atoms. The Morgan fingerprint density at radius 2 is 0.632 bits per heavy atom. The molecule has 1 heteroatoms. The summed E-state index contributed by atoms with van der Waals surface area (Å²) in [5.41, 5.74) is 15.3. The van der Waals surface area contributed by atoms with Crippen LogP contribution in [-0.4, -0.2) is 0 Å². The second-order valence-corrected chi connectivity index (χ2v) is 17.3. The highest BCUT2D eigenvalue weighted by molar-refractivity contribution is 5.91. The van der Waals surface area contributed by atoms with E-state index in [-0.39, 0.29) is 0 Å². The molecule has 8 aromatic carbocycles. The van der Waals surface area contributed by atoms with Gasteiger partial charge in [-0.15, -0.1) is 0 Å². The van der Waals surface area contributed by atoms with E-state index in [1.165, 1.54) is 93.8 Å². The molecule has 4 aliphatic carbocycles. The van der Waals surface area contributed by atoms with Gasteiger partial charge in [0.15, 0.2) is 0 Å². The number of anilines is 3. The highest BCUT2D eigenvalue weighted by Gasteiger charge is 2.51. The van der Waals surface area contributed by atoms with Crippen molar-refractivity contribution in [3.8, 4) is 44.5 Å². The van der Waals surface area contributed by atoms with Crippen molar-refractivity contribution in [1.82, 2.24) is 0 Å². The van der Waals surface area contributed by atoms with Crippen LogP contribution in [0.5, 0.6) is 0 Å². The topological polar surface area (TPSA) is 3.24 Å². The first kappa shape index (κ1) is 34.1. The zero-order valence-corrected chi connectivity index (χ0v) is 32.4. The van der Waals surface area contributed by atoms with Gasteiger partial charge in [-0.3, -0.25) is 0 Å². The Morgan fingerprint density at radius 1 is 0.316 bits per heavy atom. The number of benzene rings is 8. The van der Waals surface area contributed by atoms with Crippen molar-refractivity contribution in [1.29, 1.82) is 0 Å². The molecule has 0 spiro atoms. The van der Waals surface area contributed by atoms with Crippen LogP contribution in [0.1, 0.15) is 44.1 Å². The van der Waals surface area contributed by atoms with Crippen LogP contribution in [0.3, 0.4) is 0 Å². The molecule has 8 aromatic rings. The van der Waals surface area contributed by atoms with E-state index in [0.717, 1.165) is 34.8 Å². The highest BCUT2D eigenvalue weighted by Crippen LogP contribution is 2.60. The standard InChI is InChI=1S/C56H47N/c1-3-7-42(8-4-1)44-17-25-53(26-18-44)57(54-27-19-45(20-28-54)43-9-5-2-6-10-43)55-29-21-47(22-30-55)49-12-14-50-34-48(11-13-51(50)35-49)46-15-23-52(24-16-46)56-36-39-31-40(37-56)33-41(32-39)38-56/h1-30,34-35,39-41H,31-33,36-38H2. The number of nitrogens with zero attached hydrogens (tertiary/aromatic N) is 1. The molecule has 12 rings (SSSR count). The Labute approximate surface area is 337 Å². The summed E-state index contributed by atoms with van der Waals surface area (Å²) in [7, 11) is 0. The van der Waals surface area contributed by atoms with E-state index < -0.39 is 0 Å². The van der Waals surface area contributed by atoms with Gasteiger partial charge in [0.1, 0.15) is 0 Å². The smallest absolute Gasteiger partial charge is 0.0462 e. The van der Waals surface area contributed by atoms with Gasteiger partial charge in [0.2, 0.25) is 0 Å². The van der Waals surface area contributed by atoms with Gasteiger partial charge < -0.3 is 4.90 Å². The maximum atomic E-state index is 2.47. The SMILES string of the molecule is c1ccc(-c2ccc(N(c3ccc(-c4ccccc4)cc3)c3ccc(-c4ccc5cc(-c6ccc(C78CC9CC(CC(C9)C7)C8)cc6)ccc5c4)cc3)cc2)cc1. The molecule has 0 atom stereocenters. The summed E-state index contributed by atoms with van der Waals surface area (Å²) >= 11 is 0. The molecule has 0 N–H and O–H groups in total. The zero-order chi connectivity index (χ0) is 37.8. The van der Waals surface area contributed by atoms with Gasteiger partial charge in [-0.2, -0.15) is 0 Å². The molecule has 0 aliphatic heterocycles. The molecular weight excluding hydrogens is 687 g/mol. The first-order valence-electron chi connectivity index (χ1n) is 21.0. The van der Waals surface area contributed by atoms with Crippen molar-refractivity contribution >= 4 is 27.8 Å². The van der Waals surface area contributed by atoms with Crippen molar-refractivity contribution in [3.05, 3.63) is 200 Å². The molecule has 4 fully saturated rings. The average molecular weight is 734 g/mol. The van der Waals surface area contributed by atoms with Crippen LogP contribution in [0, 0.1) is 17.8 Å². The van der Waals surface area contributed by atoms with Crippen LogP contribution >= 0.6 is 0 Å². The van der Waals surface area contributed by atoms with Crippen molar-refractivity contribution in [3.63, 3.8) is 0 Å². The Kier molecular flexibility index (Phi) is 8.43. The lowest BCUT2D eigenvalue weighted by atomic mass is 9.48. The summed E-state index contributed by atoms with van der Waals surface area (Å²) in [5, 5.41) is 2.55. The Bertz CT molecular complexity index is 2540. The predicted molar refractivity (Wildman–Crippen MR) is 240 cm³/mol. The molecule has 0 saturated heterocycles. The van der Waals surface area contributed by atoms with E-state index in [2.05, 4.69) is 199 Å². The number of rotatable bonds is 8. The Balaban J connectivity index is 0.862. The molecule has 1 nitrogen and oxygen atoms in total. The first-order chi connectivity index (χ1) is 28.1. The molecular formula is C56H47N. The number of hydrogen-bond acceptors (Lipinski definition) is 1. The highest BCUT2D eigenvalue weighted by atomic mass is 15.1. The lowest BCUT2D eigenvalue weighted by Crippen LogP contribution is -2.48. The first-order valence-corrected chi connectivity index (χ1v) is 21.0. The fourth-order valence-electron chi connectivity index (χ4n) is 11.2. The lowest BCUT2D eigenvalue weighted by Gasteiger charge is -2.57. The minimum absolute atomic E-state index is 0.450. The van der Waals surface area contributed by atoms with Gasteiger partial charge in [0.25, 0.3) is 0 Å². The van der Waals surface area contributed by atoms with Crippen LogP contribution < -0.4 is 4.90 Å². The Morgan fingerprint density at radius 3 is 1.02 bits per heavy atom. The predicted octanol–water partition coefficient (Wildman–Crippen LogP) is 15.4. The van der Waals surface area contributed by atoms with Crippen molar-refractivity contribution in [2.45, 2.75) is 43.9 Å². The number of hydrogen-bond donors (Lipinski definition) is 0. The van der Waals surface area contributed by atoms with E-state index >= 15 is 0 Å². The monoisotopic (exact) mass is 733 g/mol. The van der Waals surface area contributed by atoms with Gasteiger partial charge in [0.05, 0.1) is 0 Å². The van der Waals surface area contributed by atoms with Crippen LogP contribution in [0.15, 0.2) is 194 Å². The third-order valence-corrected chi connectivity index (χ3v) is 13.6. The minimum atomic E-state index is 0.450. The molecule has 4 aliphatic rings. The average Bonchev–Trinajstić information content (AvgIpc) is 3.27. The van der Waals surface area contributed by atoms with E-state index in [1.54, 1.807) is 5.56 Å². The zero-order valence-electron chi connectivity index (χ0n) is 32.4. The third kappa shape index (κ3) is 6.46. The summed E-state index contributed by atoms with van der Waals surface area (Å²) in [6, 6.07) is 71.7. The number of fused-ring (bicyclic) bond motifs is 1. The molecule has 4 bridgehead atoms. The molecule has 0 amide bonds. The van der Waals surface area contributed by atoms with E-state index in [1.807, 2.05) is 0 Å². The van der Waals surface area contributed by atoms with Gasteiger partial charge in [-0.1, -0.05) is 146 Å². The normalized spacial score (nSPS) is 20.8. The van der Waals surface area contributed by atoms with Crippen LogP contribution in [-0.2, 0) is 5.41 Å². The van der Waals surface area contributed by atoms with Crippen LogP contribution in [0.2, 0.25) is 0 Å². The maximum absolute atomic E-state index is 2.47. The van der Waals surface area contributed by atoms with E-state index in [9.17, 15) is 0 Å². The lowest BCUT2D eigenvalue weighted by molar-refractivity contribution is -0.00518.